The van der Waals surface area contributed by atoms with Crippen LogP contribution in [-0.2, 0) is 27.7 Å². The zero-order valence-corrected chi connectivity index (χ0v) is 34.6. The topological polar surface area (TPSA) is 6.48 Å². The van der Waals surface area contributed by atoms with Crippen molar-refractivity contribution in [3.05, 3.63) is 197 Å². The molecule has 0 aromatic heterocycles. The molecule has 2 bridgehead atoms. The van der Waals surface area contributed by atoms with Gasteiger partial charge in [-0.15, -0.1) is 0 Å². The highest BCUT2D eigenvalue weighted by Crippen LogP contribution is 2.70. The van der Waals surface area contributed by atoms with Crippen molar-refractivity contribution >= 4 is 5.69 Å². The summed E-state index contributed by atoms with van der Waals surface area (Å²) in [6.45, 7) is 4.53. The number of piperidine rings is 1. The summed E-state index contributed by atoms with van der Waals surface area (Å²) in [6.07, 6.45) is 15.9. The summed E-state index contributed by atoms with van der Waals surface area (Å²) in [4.78, 5) is 6.01. The van der Waals surface area contributed by atoms with E-state index in [2.05, 4.69) is 181 Å². The van der Waals surface area contributed by atoms with Crippen LogP contribution in [0.2, 0.25) is 0 Å². The Bertz CT molecular complexity index is 2440. The Morgan fingerprint density at radius 2 is 0.707 bits per heavy atom. The number of anilines is 1. The summed E-state index contributed by atoms with van der Waals surface area (Å²) in [6, 6.07) is 61.6. The number of aryl methyl sites for hydroxylation is 2. The van der Waals surface area contributed by atoms with Gasteiger partial charge in [0.1, 0.15) is 0 Å². The predicted molar refractivity (Wildman–Crippen MR) is 240 cm³/mol. The van der Waals surface area contributed by atoms with Crippen molar-refractivity contribution in [3.63, 3.8) is 0 Å². The van der Waals surface area contributed by atoms with Crippen molar-refractivity contribution in [2.45, 2.75) is 125 Å². The van der Waals surface area contributed by atoms with Gasteiger partial charge in [0.15, 0.2) is 0 Å². The molecule has 5 saturated heterocycles. The van der Waals surface area contributed by atoms with E-state index in [0.717, 1.165) is 0 Å². The van der Waals surface area contributed by atoms with E-state index >= 15 is 0 Å². The van der Waals surface area contributed by atoms with E-state index in [0.29, 0.717) is 0 Å². The Morgan fingerprint density at radius 1 is 0.328 bits per heavy atom. The first-order valence-corrected chi connectivity index (χ1v) is 22.5. The van der Waals surface area contributed by atoms with Crippen molar-refractivity contribution in [2.75, 3.05) is 4.90 Å². The molecule has 5 fully saturated rings. The maximum atomic E-state index is 3.10. The summed E-state index contributed by atoms with van der Waals surface area (Å²) in [5.41, 5.74) is 14.3. The van der Waals surface area contributed by atoms with Gasteiger partial charge < -0.3 is 4.90 Å². The van der Waals surface area contributed by atoms with Crippen LogP contribution in [0.5, 0.6) is 0 Å². The lowest BCUT2D eigenvalue weighted by Gasteiger charge is -2.56. The molecular formula is C56H58N2. The van der Waals surface area contributed by atoms with E-state index in [1.165, 1.54) is 139 Å². The molecule has 0 aliphatic carbocycles. The van der Waals surface area contributed by atoms with Gasteiger partial charge in [-0.05, 0) is 136 Å². The standard InChI is InChI=1S/C56H58N2/c1-42-14-11-20-49(40-42)53-31-10-9-30-52(34-35-53,46-16-5-3-6-17-46)57(53)51-28-24-45(25-29-51)44-22-26-48(27-23-44)54-32-13-33-55(50-21-12-15-43(2)41-50)37-39-56(38-36-54,58(54)55)47-18-7-4-8-19-47/h3-8,11-12,14-29,40-41H,9-10,13,30-39H2,1-2H3. The van der Waals surface area contributed by atoms with Gasteiger partial charge in [0.2, 0.25) is 0 Å². The molecule has 5 atom stereocenters. The van der Waals surface area contributed by atoms with Crippen LogP contribution in [0.15, 0.2) is 158 Å². The quantitative estimate of drug-likeness (QED) is 0.160. The van der Waals surface area contributed by atoms with Gasteiger partial charge >= 0.3 is 0 Å². The summed E-state index contributed by atoms with van der Waals surface area (Å²) in [5, 5.41) is 0. The fourth-order valence-electron chi connectivity index (χ4n) is 13.9. The van der Waals surface area contributed by atoms with E-state index in [1.54, 1.807) is 0 Å². The zero-order valence-electron chi connectivity index (χ0n) is 34.6. The second-order valence-electron chi connectivity index (χ2n) is 19.0. The van der Waals surface area contributed by atoms with Crippen molar-refractivity contribution in [1.29, 1.82) is 0 Å². The molecule has 11 rings (SSSR count). The van der Waals surface area contributed by atoms with Crippen molar-refractivity contribution < 1.29 is 0 Å². The SMILES string of the molecule is Cc1cccc(C23CCCCC(c4ccccc4)(CC2)N3c2ccc(-c3ccc(C45CCCC6(c7cccc(C)c7)CCC(c7ccccc7)(CC4)N56)cc3)cc2)c1. The normalized spacial score (nSPS) is 30.3. The molecule has 2 heteroatoms. The Balaban J connectivity index is 0.969. The molecule has 58 heavy (non-hydrogen) atoms. The van der Waals surface area contributed by atoms with Crippen molar-refractivity contribution in [2.24, 2.45) is 0 Å². The average molecular weight is 759 g/mol. The van der Waals surface area contributed by atoms with Gasteiger partial charge in [-0.3, -0.25) is 4.90 Å². The number of benzene rings is 6. The largest absolute Gasteiger partial charge is 0.352 e. The second kappa shape index (κ2) is 13.6. The lowest BCUT2D eigenvalue weighted by Crippen LogP contribution is -2.58. The van der Waals surface area contributed by atoms with E-state index in [9.17, 15) is 0 Å². The molecule has 0 N–H and O–H groups in total. The summed E-state index contributed by atoms with van der Waals surface area (Å²) in [5.74, 6) is 0. The third-order valence-corrected chi connectivity index (χ3v) is 16.2. The molecule has 6 aromatic carbocycles. The lowest BCUT2D eigenvalue weighted by molar-refractivity contribution is -0.0689. The average Bonchev–Trinajstić information content (AvgIpc) is 3.90. The highest BCUT2D eigenvalue weighted by atomic mass is 15.4. The van der Waals surface area contributed by atoms with Crippen molar-refractivity contribution in [1.82, 2.24) is 4.90 Å². The maximum absolute atomic E-state index is 3.10. The molecule has 0 spiro atoms. The molecule has 5 aliphatic rings. The molecule has 2 nitrogen and oxygen atoms in total. The van der Waals surface area contributed by atoms with Crippen LogP contribution in [0.25, 0.3) is 11.1 Å². The van der Waals surface area contributed by atoms with Gasteiger partial charge in [0.25, 0.3) is 0 Å². The minimum absolute atomic E-state index is 0.0104. The van der Waals surface area contributed by atoms with Gasteiger partial charge in [-0.25, -0.2) is 0 Å². The Morgan fingerprint density at radius 3 is 1.24 bits per heavy atom. The molecule has 0 radical (unpaired) electrons. The zero-order chi connectivity index (χ0) is 39.0. The van der Waals surface area contributed by atoms with Crippen LogP contribution in [0, 0.1) is 13.8 Å². The molecule has 5 heterocycles. The van der Waals surface area contributed by atoms with E-state index in [-0.39, 0.29) is 27.7 Å². The molecule has 5 unspecified atom stereocenters. The van der Waals surface area contributed by atoms with Gasteiger partial charge in [0, 0.05) is 22.3 Å². The van der Waals surface area contributed by atoms with Gasteiger partial charge in [-0.1, -0.05) is 170 Å². The monoisotopic (exact) mass is 758 g/mol. The number of fused-ring (bicyclic) bond motifs is 2. The summed E-state index contributed by atoms with van der Waals surface area (Å²) >= 11 is 0. The fraction of sp³-hybridized carbons (Fsp3) is 0.357. The number of hydrogen-bond acceptors (Lipinski definition) is 2. The van der Waals surface area contributed by atoms with Crippen LogP contribution in [-0.4, -0.2) is 4.90 Å². The van der Waals surface area contributed by atoms with Crippen LogP contribution in [0.1, 0.15) is 122 Å². The lowest BCUT2D eigenvalue weighted by atomic mass is 9.70. The number of nitrogens with zero attached hydrogens (tertiary/aromatic N) is 2. The van der Waals surface area contributed by atoms with Crippen LogP contribution in [0.3, 0.4) is 0 Å². The first kappa shape index (κ1) is 36.2. The summed E-state index contributed by atoms with van der Waals surface area (Å²) in [7, 11) is 0. The van der Waals surface area contributed by atoms with E-state index < -0.39 is 0 Å². The molecular weight excluding hydrogens is 701 g/mol. The molecule has 5 aliphatic heterocycles. The predicted octanol–water partition coefficient (Wildman–Crippen LogP) is 14.0. The molecule has 6 aromatic rings. The van der Waals surface area contributed by atoms with Crippen LogP contribution in [0.4, 0.5) is 5.69 Å². The first-order chi connectivity index (χ1) is 28.4. The Labute approximate surface area is 347 Å². The number of rotatable bonds is 7. The van der Waals surface area contributed by atoms with Gasteiger partial charge in [0.05, 0.1) is 11.1 Å². The summed E-state index contributed by atoms with van der Waals surface area (Å²) < 4.78 is 0. The highest BCUT2D eigenvalue weighted by molar-refractivity contribution is 5.69. The molecule has 0 amide bonds. The number of hydrogen-bond donors (Lipinski definition) is 0. The Kier molecular flexibility index (Phi) is 8.46. The Hall–Kier alpha value is -4.92. The van der Waals surface area contributed by atoms with E-state index in [1.807, 2.05) is 0 Å². The van der Waals surface area contributed by atoms with Crippen molar-refractivity contribution in [3.8, 4) is 11.1 Å². The van der Waals surface area contributed by atoms with Crippen LogP contribution < -0.4 is 4.90 Å². The third-order valence-electron chi connectivity index (χ3n) is 16.2. The minimum atomic E-state index is -0.0136. The van der Waals surface area contributed by atoms with Crippen LogP contribution >= 0.6 is 0 Å². The first-order valence-electron chi connectivity index (χ1n) is 22.5. The second-order valence-corrected chi connectivity index (χ2v) is 19.0. The molecule has 292 valence electrons. The van der Waals surface area contributed by atoms with Gasteiger partial charge in [-0.2, -0.15) is 0 Å². The fourth-order valence-corrected chi connectivity index (χ4v) is 13.9. The highest BCUT2D eigenvalue weighted by Gasteiger charge is 2.68. The third kappa shape index (κ3) is 5.19. The minimum Gasteiger partial charge on any atom is -0.352 e. The molecule has 0 saturated carbocycles. The maximum Gasteiger partial charge on any atom is 0.0664 e. The van der Waals surface area contributed by atoms with E-state index in [4.69, 9.17) is 0 Å². The smallest absolute Gasteiger partial charge is 0.0664 e.